The molecule has 0 saturated heterocycles. The van der Waals surface area contributed by atoms with E-state index in [1.165, 1.54) is 32.1 Å². The van der Waals surface area contributed by atoms with Crippen LogP contribution in [0.4, 0.5) is 0 Å². The lowest BCUT2D eigenvalue weighted by atomic mass is 9.88. The second-order valence-corrected chi connectivity index (χ2v) is 9.36. The van der Waals surface area contributed by atoms with Crippen molar-refractivity contribution < 1.29 is 5.11 Å². The summed E-state index contributed by atoms with van der Waals surface area (Å²) < 4.78 is 0. The molecule has 1 N–H and O–H groups in total. The molecule has 1 aliphatic carbocycles. The third-order valence-electron chi connectivity index (χ3n) is 5.18. The van der Waals surface area contributed by atoms with Crippen molar-refractivity contribution in [3.63, 3.8) is 0 Å². The quantitative estimate of drug-likeness (QED) is 0.602. The molecule has 0 aromatic heterocycles. The van der Waals surface area contributed by atoms with E-state index >= 15 is 0 Å². The molecule has 1 saturated carbocycles. The van der Waals surface area contributed by atoms with Gasteiger partial charge in [-0.15, -0.1) is 7.92 Å². The van der Waals surface area contributed by atoms with Crippen LogP contribution in [0.15, 0.2) is 60.7 Å². The highest BCUT2D eigenvalue weighted by Gasteiger charge is 2.35. The van der Waals surface area contributed by atoms with Gasteiger partial charge in [0.15, 0.2) is 0 Å². The van der Waals surface area contributed by atoms with Crippen LogP contribution in [-0.2, 0) is 5.60 Å². The standard InChI is InChI=1S/C21H27OP.B/c1-23(20-15-9-4-10-16-20)17-21(22,18-11-5-2-6-12-18)19-13-7-3-8-14-19;/h2-3,5-8,11-14,20,22H,4,9-10,15-17H2,1H3;/t23-;/m1./s1. The normalized spacial score (nSPS) is 17.1. The smallest absolute Gasteiger partial charge is 0.118 e. The van der Waals surface area contributed by atoms with Gasteiger partial charge in [-0.2, -0.15) is 0 Å². The maximum atomic E-state index is 11.7. The fourth-order valence-electron chi connectivity index (χ4n) is 3.79. The van der Waals surface area contributed by atoms with E-state index in [1.807, 2.05) is 36.4 Å². The van der Waals surface area contributed by atoms with Crippen molar-refractivity contribution >= 4 is 16.3 Å². The van der Waals surface area contributed by atoms with E-state index in [0.717, 1.165) is 22.9 Å². The highest BCUT2D eigenvalue weighted by atomic mass is 31.1. The minimum absolute atomic E-state index is 0. The monoisotopic (exact) mass is 337 g/mol. The van der Waals surface area contributed by atoms with E-state index in [2.05, 4.69) is 30.9 Å². The van der Waals surface area contributed by atoms with Gasteiger partial charge in [0.1, 0.15) is 5.60 Å². The summed E-state index contributed by atoms with van der Waals surface area (Å²) in [6, 6.07) is 20.4. The summed E-state index contributed by atoms with van der Waals surface area (Å²) in [6.45, 7) is 2.39. The summed E-state index contributed by atoms with van der Waals surface area (Å²) in [7, 11) is -0.184. The molecule has 0 spiro atoms. The van der Waals surface area contributed by atoms with Crippen molar-refractivity contribution in [3.8, 4) is 0 Å². The van der Waals surface area contributed by atoms with E-state index < -0.39 is 5.60 Å². The lowest BCUT2D eigenvalue weighted by Gasteiger charge is -2.36. The highest BCUT2D eigenvalue weighted by molar-refractivity contribution is 7.57. The maximum absolute atomic E-state index is 11.7. The summed E-state index contributed by atoms with van der Waals surface area (Å²) >= 11 is 0. The van der Waals surface area contributed by atoms with Crippen LogP contribution in [0.1, 0.15) is 43.2 Å². The van der Waals surface area contributed by atoms with Crippen molar-refractivity contribution in [1.29, 1.82) is 0 Å². The van der Waals surface area contributed by atoms with Crippen LogP contribution in [0, 0.1) is 0 Å². The molecule has 3 radical (unpaired) electrons. The van der Waals surface area contributed by atoms with E-state index in [9.17, 15) is 5.11 Å². The Kier molecular flexibility index (Phi) is 7.08. The van der Waals surface area contributed by atoms with Crippen LogP contribution in [0.25, 0.3) is 0 Å². The minimum atomic E-state index is -0.861. The molecule has 3 heteroatoms. The van der Waals surface area contributed by atoms with Gasteiger partial charge in [0.25, 0.3) is 0 Å². The van der Waals surface area contributed by atoms with Crippen LogP contribution in [0.2, 0.25) is 0 Å². The molecule has 0 unspecified atom stereocenters. The summed E-state index contributed by atoms with van der Waals surface area (Å²) in [4.78, 5) is 0. The summed E-state index contributed by atoms with van der Waals surface area (Å²) in [5, 5.41) is 11.7. The third kappa shape index (κ3) is 4.29. The van der Waals surface area contributed by atoms with Gasteiger partial charge in [0.2, 0.25) is 0 Å². The fourth-order valence-corrected chi connectivity index (χ4v) is 6.38. The zero-order chi connectivity index (χ0) is 16.1. The molecule has 24 heavy (non-hydrogen) atoms. The van der Waals surface area contributed by atoms with Crippen molar-refractivity contribution in [2.45, 2.75) is 43.4 Å². The van der Waals surface area contributed by atoms with Crippen LogP contribution >= 0.6 is 7.92 Å². The first-order valence-corrected chi connectivity index (χ1v) is 10.8. The zero-order valence-electron chi connectivity index (χ0n) is 14.6. The largest absolute Gasteiger partial charge is 0.380 e. The predicted octanol–water partition coefficient (Wildman–Crippen LogP) is 4.99. The molecule has 125 valence electrons. The van der Waals surface area contributed by atoms with E-state index in [4.69, 9.17) is 0 Å². The van der Waals surface area contributed by atoms with Crippen molar-refractivity contribution in [2.24, 2.45) is 0 Å². The lowest BCUT2D eigenvalue weighted by Crippen LogP contribution is -2.32. The number of aliphatic hydroxyl groups is 1. The lowest BCUT2D eigenvalue weighted by molar-refractivity contribution is 0.106. The van der Waals surface area contributed by atoms with Crippen molar-refractivity contribution in [3.05, 3.63) is 71.8 Å². The van der Waals surface area contributed by atoms with Gasteiger partial charge in [-0.3, -0.25) is 0 Å². The van der Waals surface area contributed by atoms with Gasteiger partial charge in [0.05, 0.1) is 0 Å². The summed E-state index contributed by atoms with van der Waals surface area (Å²) in [6.07, 6.45) is 7.69. The van der Waals surface area contributed by atoms with Crippen LogP contribution < -0.4 is 0 Å². The number of hydrogen-bond donors (Lipinski definition) is 1. The zero-order valence-corrected chi connectivity index (χ0v) is 15.5. The predicted molar refractivity (Wildman–Crippen MR) is 106 cm³/mol. The first-order valence-electron chi connectivity index (χ1n) is 8.74. The Morgan fingerprint density at radius 3 is 1.79 bits per heavy atom. The number of hydrogen-bond acceptors (Lipinski definition) is 1. The van der Waals surface area contributed by atoms with E-state index in [1.54, 1.807) is 0 Å². The van der Waals surface area contributed by atoms with Gasteiger partial charge in [-0.1, -0.05) is 79.9 Å². The van der Waals surface area contributed by atoms with Crippen molar-refractivity contribution in [2.75, 3.05) is 12.8 Å². The summed E-state index contributed by atoms with van der Waals surface area (Å²) in [5.74, 6) is 0. The highest BCUT2D eigenvalue weighted by Crippen LogP contribution is 2.50. The summed E-state index contributed by atoms with van der Waals surface area (Å²) in [5.41, 5.74) is 2.01. The molecule has 0 aliphatic heterocycles. The molecule has 0 bridgehead atoms. The Labute approximate surface area is 149 Å². The number of rotatable bonds is 5. The van der Waals surface area contributed by atoms with Gasteiger partial charge in [0, 0.05) is 14.6 Å². The first-order chi connectivity index (χ1) is 11.2. The number of benzene rings is 2. The molecule has 1 nitrogen and oxygen atoms in total. The van der Waals surface area contributed by atoms with Crippen LogP contribution in [-0.4, -0.2) is 32.0 Å². The third-order valence-corrected chi connectivity index (χ3v) is 7.90. The van der Waals surface area contributed by atoms with E-state index in [-0.39, 0.29) is 16.3 Å². The maximum Gasteiger partial charge on any atom is 0.118 e. The van der Waals surface area contributed by atoms with Gasteiger partial charge in [-0.05, 0) is 36.3 Å². The molecule has 1 aliphatic rings. The van der Waals surface area contributed by atoms with Crippen LogP contribution in [0.3, 0.4) is 0 Å². The SMILES string of the molecule is C[P@](CC(O)(c1ccccc1)c1ccccc1)C1CCCCC1.[B]. The van der Waals surface area contributed by atoms with Crippen molar-refractivity contribution in [1.82, 2.24) is 0 Å². The minimum Gasteiger partial charge on any atom is -0.380 e. The Morgan fingerprint density at radius 2 is 1.33 bits per heavy atom. The van der Waals surface area contributed by atoms with E-state index in [0.29, 0.717) is 0 Å². The topological polar surface area (TPSA) is 20.2 Å². The molecule has 0 amide bonds. The Balaban J connectivity index is 0.00000208. The average Bonchev–Trinajstić information content (AvgIpc) is 2.64. The first kappa shape index (κ1) is 19.2. The fraction of sp³-hybridized carbons (Fsp3) is 0.429. The molecule has 1 fully saturated rings. The molecule has 2 aromatic rings. The molecule has 1 atom stereocenters. The van der Waals surface area contributed by atoms with Gasteiger partial charge < -0.3 is 5.11 Å². The Hall–Kier alpha value is -1.11. The van der Waals surface area contributed by atoms with Gasteiger partial charge >= 0.3 is 0 Å². The van der Waals surface area contributed by atoms with Crippen LogP contribution in [0.5, 0.6) is 0 Å². The molecule has 0 heterocycles. The Morgan fingerprint density at radius 1 is 0.875 bits per heavy atom. The second kappa shape index (κ2) is 8.83. The molecule has 3 rings (SSSR count). The van der Waals surface area contributed by atoms with Gasteiger partial charge in [-0.25, -0.2) is 0 Å². The second-order valence-electron chi connectivity index (χ2n) is 6.80. The average molecular weight is 337 g/mol. The molecule has 2 aromatic carbocycles. The molecular formula is C21H27BOP. The molecular weight excluding hydrogens is 310 g/mol. The Bertz CT molecular complexity index is 556.